The number of pyridine rings is 1. The van der Waals surface area contributed by atoms with Gasteiger partial charge in [-0.15, -0.1) is 0 Å². The molecule has 3 rings (SSSR count). The van der Waals surface area contributed by atoms with Crippen molar-refractivity contribution in [2.75, 3.05) is 6.61 Å². The maximum Gasteiger partial charge on any atom is 0.0705 e. The van der Waals surface area contributed by atoms with Gasteiger partial charge in [-0.1, -0.05) is 24.3 Å². The average molecular weight is 285 g/mol. The number of aliphatic hydroxyl groups is 1. The van der Waals surface area contributed by atoms with Crippen molar-refractivity contribution in [3.63, 3.8) is 0 Å². The molecule has 1 aliphatic heterocycles. The highest BCUT2D eigenvalue weighted by Crippen LogP contribution is 2.19. The number of fused-ring (bicyclic) bond motifs is 1. The van der Waals surface area contributed by atoms with Crippen LogP contribution >= 0.6 is 0 Å². The van der Waals surface area contributed by atoms with Gasteiger partial charge in [0.2, 0.25) is 0 Å². The number of hydrogen-bond acceptors (Lipinski definition) is 3. The van der Waals surface area contributed by atoms with E-state index in [1.54, 1.807) is 0 Å². The van der Waals surface area contributed by atoms with Crippen molar-refractivity contribution in [1.82, 2.24) is 4.98 Å². The SMILES string of the molecule is OC(CCC1CCCCO1)Cc1ccc2ccccc2n1. The zero-order valence-electron chi connectivity index (χ0n) is 12.4. The highest BCUT2D eigenvalue weighted by molar-refractivity contribution is 5.78. The summed E-state index contributed by atoms with van der Waals surface area (Å²) in [4.78, 5) is 4.62. The summed E-state index contributed by atoms with van der Waals surface area (Å²) in [6.45, 7) is 0.882. The molecule has 21 heavy (non-hydrogen) atoms. The van der Waals surface area contributed by atoms with Crippen molar-refractivity contribution in [3.05, 3.63) is 42.1 Å². The van der Waals surface area contributed by atoms with E-state index in [1.165, 1.54) is 12.8 Å². The van der Waals surface area contributed by atoms with Crippen molar-refractivity contribution in [3.8, 4) is 0 Å². The van der Waals surface area contributed by atoms with E-state index in [-0.39, 0.29) is 6.10 Å². The summed E-state index contributed by atoms with van der Waals surface area (Å²) in [5, 5.41) is 11.4. The summed E-state index contributed by atoms with van der Waals surface area (Å²) in [5.41, 5.74) is 1.96. The molecule has 112 valence electrons. The topological polar surface area (TPSA) is 42.4 Å². The van der Waals surface area contributed by atoms with Gasteiger partial charge >= 0.3 is 0 Å². The molecule has 0 amide bonds. The van der Waals surface area contributed by atoms with E-state index < -0.39 is 0 Å². The molecule has 1 aromatic carbocycles. The van der Waals surface area contributed by atoms with Crippen molar-refractivity contribution < 1.29 is 9.84 Å². The van der Waals surface area contributed by atoms with Gasteiger partial charge in [-0.25, -0.2) is 0 Å². The summed E-state index contributed by atoms with van der Waals surface area (Å²) in [6.07, 6.45) is 5.96. The largest absolute Gasteiger partial charge is 0.393 e. The van der Waals surface area contributed by atoms with Crippen LogP contribution in [0.15, 0.2) is 36.4 Å². The number of ether oxygens (including phenoxy) is 1. The zero-order valence-corrected chi connectivity index (χ0v) is 12.4. The Morgan fingerprint density at radius 2 is 2.10 bits per heavy atom. The second-order valence-corrected chi connectivity index (χ2v) is 5.92. The predicted octanol–water partition coefficient (Wildman–Crippen LogP) is 3.49. The first kappa shape index (κ1) is 14.5. The maximum absolute atomic E-state index is 10.2. The van der Waals surface area contributed by atoms with Crippen LogP contribution in [0.2, 0.25) is 0 Å². The van der Waals surface area contributed by atoms with Crippen molar-refractivity contribution >= 4 is 10.9 Å². The molecule has 1 aliphatic rings. The van der Waals surface area contributed by atoms with Crippen LogP contribution in [0.3, 0.4) is 0 Å². The van der Waals surface area contributed by atoms with Crippen LogP contribution < -0.4 is 0 Å². The van der Waals surface area contributed by atoms with Crippen LogP contribution in [0.25, 0.3) is 10.9 Å². The fourth-order valence-corrected chi connectivity index (χ4v) is 2.98. The third kappa shape index (κ3) is 4.02. The summed E-state index contributed by atoms with van der Waals surface area (Å²) in [7, 11) is 0. The molecular formula is C18H23NO2. The molecular weight excluding hydrogens is 262 g/mol. The molecule has 3 heteroatoms. The second kappa shape index (κ2) is 7.01. The molecule has 0 bridgehead atoms. The third-order valence-electron chi connectivity index (χ3n) is 4.20. The summed E-state index contributed by atoms with van der Waals surface area (Å²) < 4.78 is 5.71. The van der Waals surface area contributed by atoms with Crippen molar-refractivity contribution in [2.24, 2.45) is 0 Å². The van der Waals surface area contributed by atoms with Crippen LogP contribution in [0.1, 0.15) is 37.8 Å². The van der Waals surface area contributed by atoms with Crippen molar-refractivity contribution in [1.29, 1.82) is 0 Å². The molecule has 1 fully saturated rings. The molecule has 0 aliphatic carbocycles. The first-order chi connectivity index (χ1) is 10.3. The maximum atomic E-state index is 10.2. The first-order valence-corrected chi connectivity index (χ1v) is 7.95. The Morgan fingerprint density at radius 1 is 1.19 bits per heavy atom. The van der Waals surface area contributed by atoms with E-state index in [2.05, 4.69) is 17.1 Å². The summed E-state index contributed by atoms with van der Waals surface area (Å²) in [5.74, 6) is 0. The van der Waals surface area contributed by atoms with E-state index >= 15 is 0 Å². The highest BCUT2D eigenvalue weighted by atomic mass is 16.5. The normalized spacial score (nSPS) is 20.5. The van der Waals surface area contributed by atoms with Crippen LogP contribution in [0.5, 0.6) is 0 Å². The molecule has 0 saturated carbocycles. The van der Waals surface area contributed by atoms with Gasteiger partial charge < -0.3 is 9.84 Å². The fraction of sp³-hybridized carbons (Fsp3) is 0.500. The van der Waals surface area contributed by atoms with Crippen LogP contribution in [0.4, 0.5) is 0 Å². The predicted molar refractivity (Wildman–Crippen MR) is 84.3 cm³/mol. The minimum atomic E-state index is -0.329. The van der Waals surface area contributed by atoms with Crippen molar-refractivity contribution in [2.45, 2.75) is 50.7 Å². The number of rotatable bonds is 5. The third-order valence-corrected chi connectivity index (χ3v) is 4.20. The summed E-state index contributed by atoms with van der Waals surface area (Å²) in [6, 6.07) is 12.2. The molecule has 2 heterocycles. The van der Waals surface area contributed by atoms with Crippen LogP contribution in [-0.4, -0.2) is 28.9 Å². The van der Waals surface area contributed by atoms with Gasteiger partial charge in [0.25, 0.3) is 0 Å². The number of hydrogen-bond donors (Lipinski definition) is 1. The monoisotopic (exact) mass is 285 g/mol. The van der Waals surface area contributed by atoms with Gasteiger partial charge in [0.1, 0.15) is 0 Å². The van der Waals surface area contributed by atoms with Gasteiger partial charge in [0.05, 0.1) is 17.7 Å². The Kier molecular flexibility index (Phi) is 4.84. The van der Waals surface area contributed by atoms with E-state index in [0.29, 0.717) is 12.5 Å². The molecule has 0 spiro atoms. The Balaban J connectivity index is 1.54. The van der Waals surface area contributed by atoms with Gasteiger partial charge in [0.15, 0.2) is 0 Å². The van der Waals surface area contributed by atoms with Gasteiger partial charge in [0, 0.05) is 24.1 Å². The highest BCUT2D eigenvalue weighted by Gasteiger charge is 2.16. The van der Waals surface area contributed by atoms with Gasteiger partial charge in [-0.05, 0) is 44.2 Å². The molecule has 1 saturated heterocycles. The quantitative estimate of drug-likeness (QED) is 0.914. The van der Waals surface area contributed by atoms with Crippen LogP contribution in [-0.2, 0) is 11.2 Å². The molecule has 2 unspecified atom stereocenters. The Labute approximate surface area is 126 Å². The number of para-hydroxylation sites is 1. The van der Waals surface area contributed by atoms with Gasteiger partial charge in [-0.3, -0.25) is 4.98 Å². The lowest BCUT2D eigenvalue weighted by Crippen LogP contribution is -2.22. The number of aromatic nitrogens is 1. The second-order valence-electron chi connectivity index (χ2n) is 5.92. The number of nitrogens with zero attached hydrogens (tertiary/aromatic N) is 1. The lowest BCUT2D eigenvalue weighted by atomic mass is 10.0. The van der Waals surface area contributed by atoms with E-state index in [1.807, 2.05) is 24.3 Å². The lowest BCUT2D eigenvalue weighted by Gasteiger charge is -2.23. The zero-order chi connectivity index (χ0) is 14.5. The fourth-order valence-electron chi connectivity index (χ4n) is 2.98. The van der Waals surface area contributed by atoms with E-state index in [0.717, 1.165) is 42.5 Å². The molecule has 3 nitrogen and oxygen atoms in total. The first-order valence-electron chi connectivity index (χ1n) is 7.95. The Hall–Kier alpha value is -1.45. The smallest absolute Gasteiger partial charge is 0.0705 e. The van der Waals surface area contributed by atoms with E-state index in [4.69, 9.17) is 4.74 Å². The minimum Gasteiger partial charge on any atom is -0.393 e. The lowest BCUT2D eigenvalue weighted by molar-refractivity contribution is 0.00229. The summed E-state index contributed by atoms with van der Waals surface area (Å²) >= 11 is 0. The minimum absolute atomic E-state index is 0.329. The molecule has 0 radical (unpaired) electrons. The van der Waals surface area contributed by atoms with Gasteiger partial charge in [-0.2, -0.15) is 0 Å². The standard InChI is InChI=1S/C18H23NO2/c20-16(10-11-17-6-3-4-12-21-17)13-15-9-8-14-5-1-2-7-18(14)19-15/h1-2,5,7-9,16-17,20H,3-4,6,10-13H2. The number of benzene rings is 1. The number of aliphatic hydroxyl groups excluding tert-OH is 1. The van der Waals surface area contributed by atoms with Crippen LogP contribution in [0, 0.1) is 0 Å². The molecule has 2 atom stereocenters. The molecule has 2 aromatic rings. The van der Waals surface area contributed by atoms with E-state index in [9.17, 15) is 5.11 Å². The molecule has 1 aromatic heterocycles. The average Bonchev–Trinajstić information content (AvgIpc) is 2.54. The Morgan fingerprint density at radius 3 is 2.95 bits per heavy atom. The Bertz CT molecular complexity index is 578. The molecule has 1 N–H and O–H groups in total.